The van der Waals surface area contributed by atoms with Crippen LogP contribution in [0.3, 0.4) is 0 Å². The first-order chi connectivity index (χ1) is 16.9. The normalized spacial score (nSPS) is 19.3. The van der Waals surface area contributed by atoms with Crippen LogP contribution in [0.4, 0.5) is 0 Å². The summed E-state index contributed by atoms with van der Waals surface area (Å²) in [6, 6.07) is 0.345. The van der Waals surface area contributed by atoms with Crippen LogP contribution in [0.1, 0.15) is 85.5 Å². The van der Waals surface area contributed by atoms with Gasteiger partial charge < -0.3 is 25.4 Å². The van der Waals surface area contributed by atoms with Crippen LogP contribution in [0, 0.1) is 0 Å². The van der Waals surface area contributed by atoms with Gasteiger partial charge in [-0.2, -0.15) is 0 Å². The Balaban J connectivity index is 1.53. The minimum absolute atomic E-state index is 0.153. The standard InChI is InChI=1S/C30H54N4O2/c1-24(15-21-34-25(2)13-14-26(34)3)32-18-10-16-29(5,6)36-23-17-30(7,8)35-22-11-20-33-19-9-12-28(33)27(4)31/h28,32H,1-4,9-23,31H2,5-8H3. The molecule has 2 aliphatic rings. The molecular formula is C30H54N4O2. The predicted molar refractivity (Wildman–Crippen MR) is 152 cm³/mol. The number of likely N-dealkylation sites (tertiary alicyclic amines) is 2. The number of rotatable bonds is 18. The lowest BCUT2D eigenvalue weighted by Crippen LogP contribution is -2.35. The van der Waals surface area contributed by atoms with Gasteiger partial charge in [0.05, 0.1) is 17.8 Å². The SMILES string of the molecule is C=C(CCN1C(=C)CCC1=C)NCCCC(C)(C)OCCC(C)(C)OCCCN1CCCC1C(=C)N. The third-order valence-corrected chi connectivity index (χ3v) is 7.50. The summed E-state index contributed by atoms with van der Waals surface area (Å²) in [5.41, 5.74) is 9.83. The summed E-state index contributed by atoms with van der Waals surface area (Å²) < 4.78 is 12.5. The third kappa shape index (κ3) is 10.7. The van der Waals surface area contributed by atoms with Crippen molar-refractivity contribution in [3.05, 3.63) is 49.1 Å². The van der Waals surface area contributed by atoms with Crippen molar-refractivity contribution in [2.24, 2.45) is 5.73 Å². The molecule has 0 saturated carbocycles. The molecule has 6 heteroatoms. The van der Waals surface area contributed by atoms with Gasteiger partial charge in [0.15, 0.2) is 0 Å². The minimum Gasteiger partial charge on any atom is -0.401 e. The van der Waals surface area contributed by atoms with Crippen LogP contribution in [0.15, 0.2) is 49.1 Å². The summed E-state index contributed by atoms with van der Waals surface area (Å²) in [7, 11) is 0. The maximum atomic E-state index is 6.25. The van der Waals surface area contributed by atoms with Gasteiger partial charge in [-0.15, -0.1) is 0 Å². The van der Waals surface area contributed by atoms with E-state index in [1.165, 1.54) is 17.8 Å². The molecule has 6 nitrogen and oxygen atoms in total. The van der Waals surface area contributed by atoms with Crippen molar-refractivity contribution in [1.29, 1.82) is 0 Å². The highest BCUT2D eigenvalue weighted by molar-refractivity contribution is 5.16. The van der Waals surface area contributed by atoms with E-state index < -0.39 is 0 Å². The minimum atomic E-state index is -0.191. The topological polar surface area (TPSA) is 63.0 Å². The van der Waals surface area contributed by atoms with Gasteiger partial charge in [-0.1, -0.05) is 26.3 Å². The molecule has 3 N–H and O–H groups in total. The lowest BCUT2D eigenvalue weighted by Gasteiger charge is -2.30. The van der Waals surface area contributed by atoms with E-state index in [0.29, 0.717) is 12.6 Å². The molecule has 2 saturated heterocycles. The predicted octanol–water partition coefficient (Wildman–Crippen LogP) is 5.69. The van der Waals surface area contributed by atoms with Crippen LogP contribution in [-0.4, -0.2) is 66.4 Å². The van der Waals surface area contributed by atoms with Crippen molar-refractivity contribution in [2.45, 2.75) is 103 Å². The molecule has 2 aliphatic heterocycles. The zero-order chi connectivity index (χ0) is 26.8. The summed E-state index contributed by atoms with van der Waals surface area (Å²) in [6.07, 6.45) is 9.24. The summed E-state index contributed by atoms with van der Waals surface area (Å²) in [6.45, 7) is 30.5. The number of ether oxygens (including phenoxy) is 2. The molecule has 0 aromatic carbocycles. The Morgan fingerprint density at radius 2 is 1.61 bits per heavy atom. The lowest BCUT2D eigenvalue weighted by atomic mass is 10.0. The zero-order valence-corrected chi connectivity index (χ0v) is 23.8. The highest BCUT2D eigenvalue weighted by Crippen LogP contribution is 2.28. The van der Waals surface area contributed by atoms with Crippen LogP contribution in [0.2, 0.25) is 0 Å². The molecule has 2 fully saturated rings. The summed E-state index contributed by atoms with van der Waals surface area (Å²) in [5.74, 6) is 0. The van der Waals surface area contributed by atoms with Crippen molar-refractivity contribution in [3.8, 4) is 0 Å². The number of nitrogens with one attached hydrogen (secondary N) is 1. The van der Waals surface area contributed by atoms with Gasteiger partial charge in [0, 0.05) is 61.5 Å². The average molecular weight is 503 g/mol. The number of allylic oxidation sites excluding steroid dienone is 2. The van der Waals surface area contributed by atoms with E-state index in [1.54, 1.807) is 0 Å². The van der Waals surface area contributed by atoms with E-state index in [9.17, 15) is 0 Å². The second kappa shape index (κ2) is 14.3. The average Bonchev–Trinajstić information content (AvgIpc) is 3.39. The Morgan fingerprint density at radius 1 is 0.972 bits per heavy atom. The van der Waals surface area contributed by atoms with Crippen LogP contribution in [0.5, 0.6) is 0 Å². The highest BCUT2D eigenvalue weighted by Gasteiger charge is 2.26. The Kier molecular flexibility index (Phi) is 12.1. The molecule has 206 valence electrons. The largest absolute Gasteiger partial charge is 0.401 e. The first kappa shape index (κ1) is 30.5. The Morgan fingerprint density at radius 3 is 2.28 bits per heavy atom. The molecule has 0 amide bonds. The highest BCUT2D eigenvalue weighted by atomic mass is 16.5. The molecule has 0 aromatic rings. The van der Waals surface area contributed by atoms with Crippen LogP contribution in [0.25, 0.3) is 0 Å². The van der Waals surface area contributed by atoms with E-state index in [-0.39, 0.29) is 11.2 Å². The van der Waals surface area contributed by atoms with E-state index in [1.807, 2.05) is 0 Å². The van der Waals surface area contributed by atoms with Gasteiger partial charge in [-0.3, -0.25) is 4.90 Å². The number of nitrogens with zero attached hydrogens (tertiary/aromatic N) is 2. The first-order valence-corrected chi connectivity index (χ1v) is 13.9. The van der Waals surface area contributed by atoms with Gasteiger partial charge in [-0.25, -0.2) is 0 Å². The first-order valence-electron chi connectivity index (χ1n) is 13.9. The lowest BCUT2D eigenvalue weighted by molar-refractivity contribution is -0.0758. The van der Waals surface area contributed by atoms with Crippen molar-refractivity contribution < 1.29 is 9.47 Å². The van der Waals surface area contributed by atoms with Crippen molar-refractivity contribution in [1.82, 2.24) is 15.1 Å². The Bertz CT molecular complexity index is 742. The fourth-order valence-electron chi connectivity index (χ4n) is 5.06. The molecule has 0 spiro atoms. The van der Waals surface area contributed by atoms with Gasteiger partial charge in [0.2, 0.25) is 0 Å². The number of hydrogen-bond donors (Lipinski definition) is 2. The molecule has 36 heavy (non-hydrogen) atoms. The second-order valence-electron chi connectivity index (χ2n) is 11.8. The molecule has 2 heterocycles. The maximum absolute atomic E-state index is 6.25. The monoisotopic (exact) mass is 502 g/mol. The van der Waals surface area contributed by atoms with E-state index >= 15 is 0 Å². The van der Waals surface area contributed by atoms with Crippen LogP contribution < -0.4 is 11.1 Å². The molecule has 0 radical (unpaired) electrons. The van der Waals surface area contributed by atoms with E-state index in [2.05, 4.69) is 69.1 Å². The third-order valence-electron chi connectivity index (χ3n) is 7.50. The summed E-state index contributed by atoms with van der Waals surface area (Å²) in [4.78, 5) is 4.67. The van der Waals surface area contributed by atoms with Crippen LogP contribution in [-0.2, 0) is 9.47 Å². The second-order valence-corrected chi connectivity index (χ2v) is 11.8. The number of hydrogen-bond acceptors (Lipinski definition) is 6. The number of nitrogens with two attached hydrogens (primary N) is 1. The summed E-state index contributed by atoms with van der Waals surface area (Å²) >= 11 is 0. The van der Waals surface area contributed by atoms with Crippen molar-refractivity contribution in [2.75, 3.05) is 39.4 Å². The van der Waals surface area contributed by atoms with Crippen molar-refractivity contribution in [3.63, 3.8) is 0 Å². The fraction of sp³-hybridized carbons (Fsp3) is 0.733. The molecule has 1 atom stereocenters. The molecular weight excluding hydrogens is 448 g/mol. The zero-order valence-electron chi connectivity index (χ0n) is 23.8. The molecule has 0 bridgehead atoms. The Hall–Kier alpha value is -1.76. The molecule has 0 aliphatic carbocycles. The maximum Gasteiger partial charge on any atom is 0.0648 e. The summed E-state index contributed by atoms with van der Waals surface area (Å²) in [5, 5.41) is 3.48. The smallest absolute Gasteiger partial charge is 0.0648 e. The van der Waals surface area contributed by atoms with E-state index in [4.69, 9.17) is 15.2 Å². The fourth-order valence-corrected chi connectivity index (χ4v) is 5.06. The Labute approximate surface area is 221 Å². The van der Waals surface area contributed by atoms with Gasteiger partial charge in [0.25, 0.3) is 0 Å². The van der Waals surface area contributed by atoms with Crippen LogP contribution >= 0.6 is 0 Å². The molecule has 2 rings (SSSR count). The van der Waals surface area contributed by atoms with Gasteiger partial charge in [0.1, 0.15) is 0 Å². The molecule has 1 unspecified atom stereocenters. The van der Waals surface area contributed by atoms with Crippen molar-refractivity contribution >= 4 is 0 Å². The van der Waals surface area contributed by atoms with Gasteiger partial charge >= 0.3 is 0 Å². The van der Waals surface area contributed by atoms with Gasteiger partial charge in [-0.05, 0) is 85.6 Å². The molecule has 0 aromatic heterocycles. The quantitative estimate of drug-likeness (QED) is 0.235. The van der Waals surface area contributed by atoms with E-state index in [0.717, 1.165) is 95.5 Å².